The molecule has 0 aromatic heterocycles. The van der Waals surface area contributed by atoms with Gasteiger partial charge in [-0.15, -0.1) is 0 Å². The first kappa shape index (κ1) is 7.55. The molecular formula is C9H14O. The lowest BCUT2D eigenvalue weighted by Crippen LogP contribution is -2.25. The molecule has 0 aromatic carbocycles. The van der Waals surface area contributed by atoms with Crippen molar-refractivity contribution in [3.8, 4) is 0 Å². The molecule has 0 aromatic rings. The first-order valence-corrected chi connectivity index (χ1v) is 3.70. The summed E-state index contributed by atoms with van der Waals surface area (Å²) in [7, 11) is 0. The Morgan fingerprint density at radius 3 is 2.90 bits per heavy atom. The summed E-state index contributed by atoms with van der Waals surface area (Å²) in [4.78, 5) is 0. The zero-order valence-electron chi connectivity index (χ0n) is 6.43. The Hall–Kier alpha value is -0.560. The molecule has 1 heteroatoms. The summed E-state index contributed by atoms with van der Waals surface area (Å²) in [5.41, 5.74) is 0.566. The molecule has 1 rings (SSSR count). The van der Waals surface area contributed by atoms with E-state index in [4.69, 9.17) is 0 Å². The van der Waals surface area contributed by atoms with Crippen LogP contribution in [0.25, 0.3) is 0 Å². The van der Waals surface area contributed by atoms with E-state index in [2.05, 4.69) is 6.58 Å². The normalized spacial score (nSPS) is 33.2. The maximum Gasteiger partial charge on any atom is 0.101 e. The Labute approximate surface area is 62.1 Å². The molecule has 0 aliphatic heterocycles. The van der Waals surface area contributed by atoms with Gasteiger partial charge in [0.15, 0.2) is 0 Å². The Bertz CT molecular complexity index is 170. The van der Waals surface area contributed by atoms with Gasteiger partial charge in [-0.2, -0.15) is 0 Å². The molecule has 56 valence electrons. The third-order valence-electron chi connectivity index (χ3n) is 2.00. The van der Waals surface area contributed by atoms with Crippen LogP contribution in [0.1, 0.15) is 26.2 Å². The van der Waals surface area contributed by atoms with Gasteiger partial charge in [-0.05, 0) is 26.2 Å². The van der Waals surface area contributed by atoms with Crippen molar-refractivity contribution in [1.29, 1.82) is 0 Å². The van der Waals surface area contributed by atoms with E-state index >= 15 is 0 Å². The summed E-state index contributed by atoms with van der Waals surface area (Å²) in [6.07, 6.45) is 6.55. The third-order valence-corrected chi connectivity index (χ3v) is 2.00. The molecule has 0 spiro atoms. The quantitative estimate of drug-likeness (QED) is 0.550. The van der Waals surface area contributed by atoms with Crippen molar-refractivity contribution in [2.45, 2.75) is 31.8 Å². The molecular weight excluding hydrogens is 124 g/mol. The van der Waals surface area contributed by atoms with Crippen LogP contribution in [0.2, 0.25) is 0 Å². The van der Waals surface area contributed by atoms with Crippen LogP contribution in [0.15, 0.2) is 24.3 Å². The topological polar surface area (TPSA) is 20.2 Å². The molecule has 1 unspecified atom stereocenters. The molecule has 0 saturated carbocycles. The van der Waals surface area contributed by atoms with Gasteiger partial charge in [0.05, 0.1) is 0 Å². The van der Waals surface area contributed by atoms with Crippen molar-refractivity contribution in [1.82, 2.24) is 0 Å². The summed E-state index contributed by atoms with van der Waals surface area (Å²) < 4.78 is 0. The minimum Gasteiger partial charge on any atom is -0.382 e. The highest BCUT2D eigenvalue weighted by molar-refractivity contribution is 5.19. The largest absolute Gasteiger partial charge is 0.382 e. The molecule has 1 aliphatic carbocycles. The van der Waals surface area contributed by atoms with Crippen molar-refractivity contribution < 1.29 is 5.11 Å². The Kier molecular flexibility index (Phi) is 1.95. The van der Waals surface area contributed by atoms with Gasteiger partial charge in [-0.25, -0.2) is 0 Å². The highest BCUT2D eigenvalue weighted by atomic mass is 16.3. The summed E-state index contributed by atoms with van der Waals surface area (Å²) >= 11 is 0. The molecule has 1 atom stereocenters. The maximum absolute atomic E-state index is 9.66. The number of aliphatic hydroxyl groups is 1. The van der Waals surface area contributed by atoms with Gasteiger partial charge in [0.2, 0.25) is 0 Å². The molecule has 10 heavy (non-hydrogen) atoms. The molecule has 0 bridgehead atoms. The van der Waals surface area contributed by atoms with Crippen LogP contribution in [0, 0.1) is 0 Å². The minimum absolute atomic E-state index is 0.706. The van der Waals surface area contributed by atoms with Crippen molar-refractivity contribution in [3.63, 3.8) is 0 Å². The highest BCUT2D eigenvalue weighted by Crippen LogP contribution is 2.26. The average Bonchev–Trinajstić information content (AvgIpc) is 1.88. The minimum atomic E-state index is -0.706. The summed E-state index contributed by atoms with van der Waals surface area (Å²) in [5.74, 6) is 0. The smallest absolute Gasteiger partial charge is 0.101 e. The second kappa shape index (κ2) is 2.59. The lowest BCUT2D eigenvalue weighted by molar-refractivity contribution is 0.123. The lowest BCUT2D eigenvalue weighted by atomic mass is 9.87. The third kappa shape index (κ3) is 1.48. The molecule has 1 aliphatic rings. The summed E-state index contributed by atoms with van der Waals surface area (Å²) in [5, 5.41) is 9.66. The molecule has 0 fully saturated rings. The second-order valence-corrected chi connectivity index (χ2v) is 3.04. The van der Waals surface area contributed by atoms with E-state index in [1.54, 1.807) is 6.08 Å². The highest BCUT2D eigenvalue weighted by Gasteiger charge is 2.22. The van der Waals surface area contributed by atoms with Crippen molar-refractivity contribution >= 4 is 0 Å². The van der Waals surface area contributed by atoms with E-state index in [1.165, 1.54) is 5.57 Å². The first-order valence-electron chi connectivity index (χ1n) is 3.70. The van der Waals surface area contributed by atoms with Gasteiger partial charge < -0.3 is 5.11 Å². The number of allylic oxidation sites excluding steroid dienone is 1. The van der Waals surface area contributed by atoms with Crippen LogP contribution in [0.3, 0.4) is 0 Å². The molecule has 0 heterocycles. The number of rotatable bonds is 1. The molecule has 1 N–H and O–H groups in total. The van der Waals surface area contributed by atoms with E-state index < -0.39 is 5.60 Å². The first-order chi connectivity index (χ1) is 4.66. The van der Waals surface area contributed by atoms with Crippen LogP contribution >= 0.6 is 0 Å². The van der Waals surface area contributed by atoms with Crippen LogP contribution < -0.4 is 0 Å². The van der Waals surface area contributed by atoms with Gasteiger partial charge in [-0.3, -0.25) is 0 Å². The fourth-order valence-electron chi connectivity index (χ4n) is 1.38. The van der Waals surface area contributed by atoms with Crippen molar-refractivity contribution in [2.75, 3.05) is 0 Å². The van der Waals surface area contributed by atoms with Crippen molar-refractivity contribution in [2.24, 2.45) is 0 Å². The van der Waals surface area contributed by atoms with E-state index in [9.17, 15) is 5.11 Å². The lowest BCUT2D eigenvalue weighted by Gasteiger charge is -2.25. The maximum atomic E-state index is 9.66. The molecule has 0 radical (unpaired) electrons. The van der Waals surface area contributed by atoms with Gasteiger partial charge in [0.25, 0.3) is 0 Å². The van der Waals surface area contributed by atoms with E-state index in [1.807, 2.05) is 13.0 Å². The van der Waals surface area contributed by atoms with Crippen molar-refractivity contribution in [3.05, 3.63) is 24.3 Å². The van der Waals surface area contributed by atoms with Crippen LogP contribution in [-0.2, 0) is 0 Å². The SMILES string of the molecule is C=CC1(O)C=C(C)CCC1. The predicted molar refractivity (Wildman–Crippen MR) is 42.8 cm³/mol. The fourth-order valence-corrected chi connectivity index (χ4v) is 1.38. The Morgan fingerprint density at radius 2 is 2.50 bits per heavy atom. The second-order valence-electron chi connectivity index (χ2n) is 3.04. The number of hydrogen-bond donors (Lipinski definition) is 1. The van der Waals surface area contributed by atoms with E-state index in [0.717, 1.165) is 19.3 Å². The fraction of sp³-hybridized carbons (Fsp3) is 0.556. The van der Waals surface area contributed by atoms with E-state index in [-0.39, 0.29) is 0 Å². The zero-order chi connectivity index (χ0) is 7.61. The molecule has 0 amide bonds. The monoisotopic (exact) mass is 138 g/mol. The zero-order valence-corrected chi connectivity index (χ0v) is 6.43. The summed E-state index contributed by atoms with van der Waals surface area (Å²) in [6.45, 7) is 5.65. The molecule has 0 saturated heterocycles. The van der Waals surface area contributed by atoms with Gasteiger partial charge >= 0.3 is 0 Å². The van der Waals surface area contributed by atoms with Gasteiger partial charge in [0, 0.05) is 0 Å². The summed E-state index contributed by atoms with van der Waals surface area (Å²) in [6, 6.07) is 0. The van der Waals surface area contributed by atoms with Crippen LogP contribution in [-0.4, -0.2) is 10.7 Å². The van der Waals surface area contributed by atoms with Gasteiger partial charge in [-0.1, -0.05) is 24.3 Å². The predicted octanol–water partition coefficient (Wildman–Crippen LogP) is 2.03. The van der Waals surface area contributed by atoms with Gasteiger partial charge in [0.1, 0.15) is 5.60 Å². The molecule has 1 nitrogen and oxygen atoms in total. The Balaban J connectivity index is 2.78. The van der Waals surface area contributed by atoms with E-state index in [0.29, 0.717) is 0 Å². The Morgan fingerprint density at radius 1 is 1.80 bits per heavy atom. The average molecular weight is 138 g/mol. The number of hydrogen-bond acceptors (Lipinski definition) is 1. The van der Waals surface area contributed by atoms with Crippen LogP contribution in [0.4, 0.5) is 0 Å². The van der Waals surface area contributed by atoms with Crippen LogP contribution in [0.5, 0.6) is 0 Å². The standard InChI is InChI=1S/C9H14O/c1-3-9(10)6-4-5-8(2)7-9/h3,7,10H,1,4-6H2,2H3.